The second kappa shape index (κ2) is 9.14. The summed E-state index contributed by atoms with van der Waals surface area (Å²) in [7, 11) is 1.66. The van der Waals surface area contributed by atoms with Crippen molar-refractivity contribution < 1.29 is 19.0 Å². The number of benzene rings is 2. The standard InChI is InChI=1S/C24H27NO4/c1-27-18-11-9-17(10-12-18)24-21(20-7-2-3-8-22(20)25-24)13-14-23(26)29-16-19-6-4-5-15-28-19/h2-3,7-12,19,25H,4-6,13-16H2,1H3. The summed E-state index contributed by atoms with van der Waals surface area (Å²) >= 11 is 0. The third-order valence-electron chi connectivity index (χ3n) is 5.48. The zero-order valence-electron chi connectivity index (χ0n) is 16.8. The molecule has 0 aliphatic carbocycles. The van der Waals surface area contributed by atoms with Gasteiger partial charge in [-0.1, -0.05) is 18.2 Å². The zero-order valence-corrected chi connectivity index (χ0v) is 16.8. The third-order valence-corrected chi connectivity index (χ3v) is 5.48. The summed E-state index contributed by atoms with van der Waals surface area (Å²) in [6.45, 7) is 1.13. The number of carbonyl (C=O) groups is 1. The Morgan fingerprint density at radius 2 is 1.97 bits per heavy atom. The molecule has 1 aliphatic rings. The maximum Gasteiger partial charge on any atom is 0.306 e. The van der Waals surface area contributed by atoms with Gasteiger partial charge in [-0.15, -0.1) is 0 Å². The average Bonchev–Trinajstić information content (AvgIpc) is 3.15. The zero-order chi connectivity index (χ0) is 20.1. The van der Waals surface area contributed by atoms with Crippen molar-refractivity contribution >= 4 is 16.9 Å². The predicted octanol–water partition coefficient (Wildman–Crippen LogP) is 4.89. The van der Waals surface area contributed by atoms with Gasteiger partial charge in [-0.25, -0.2) is 0 Å². The molecule has 2 heterocycles. The maximum absolute atomic E-state index is 12.3. The number of methoxy groups -OCH3 is 1. The van der Waals surface area contributed by atoms with Crippen molar-refractivity contribution in [1.29, 1.82) is 0 Å². The number of ether oxygens (including phenoxy) is 3. The van der Waals surface area contributed by atoms with Gasteiger partial charge in [0.25, 0.3) is 0 Å². The molecule has 1 saturated heterocycles. The number of hydrogen-bond donors (Lipinski definition) is 1. The highest BCUT2D eigenvalue weighted by Crippen LogP contribution is 2.32. The Labute approximate surface area is 171 Å². The van der Waals surface area contributed by atoms with Gasteiger partial charge in [-0.05, 0) is 67.1 Å². The van der Waals surface area contributed by atoms with Crippen molar-refractivity contribution in [2.24, 2.45) is 0 Å². The van der Waals surface area contributed by atoms with E-state index in [9.17, 15) is 4.79 Å². The SMILES string of the molecule is COc1ccc(-c2[nH]c3ccccc3c2CCC(=O)OCC2CCCCO2)cc1. The minimum Gasteiger partial charge on any atom is -0.497 e. The van der Waals surface area contributed by atoms with Gasteiger partial charge in [-0.3, -0.25) is 4.79 Å². The molecule has 0 bridgehead atoms. The fourth-order valence-electron chi connectivity index (χ4n) is 3.89. The van der Waals surface area contributed by atoms with Crippen molar-refractivity contribution in [2.45, 2.75) is 38.2 Å². The van der Waals surface area contributed by atoms with Crippen LogP contribution in [0.5, 0.6) is 5.75 Å². The molecule has 0 saturated carbocycles. The number of rotatable bonds is 7. The first-order chi connectivity index (χ1) is 14.2. The molecule has 29 heavy (non-hydrogen) atoms. The summed E-state index contributed by atoms with van der Waals surface area (Å²) in [5.41, 5.74) is 4.31. The van der Waals surface area contributed by atoms with E-state index in [-0.39, 0.29) is 12.1 Å². The summed E-state index contributed by atoms with van der Waals surface area (Å²) < 4.78 is 16.4. The lowest BCUT2D eigenvalue weighted by atomic mass is 10.0. The summed E-state index contributed by atoms with van der Waals surface area (Å²) in [6, 6.07) is 16.2. The Kier molecular flexibility index (Phi) is 6.15. The highest BCUT2D eigenvalue weighted by atomic mass is 16.6. The number of fused-ring (bicyclic) bond motifs is 1. The van der Waals surface area contributed by atoms with Gasteiger partial charge >= 0.3 is 5.97 Å². The number of aromatic amines is 1. The Morgan fingerprint density at radius 3 is 2.72 bits per heavy atom. The number of H-pyrrole nitrogens is 1. The molecule has 152 valence electrons. The van der Waals surface area contributed by atoms with E-state index in [0.717, 1.165) is 59.3 Å². The fraction of sp³-hybridized carbons (Fsp3) is 0.375. The molecule has 0 radical (unpaired) electrons. The van der Waals surface area contributed by atoms with Crippen molar-refractivity contribution in [3.63, 3.8) is 0 Å². The van der Waals surface area contributed by atoms with E-state index >= 15 is 0 Å². The Morgan fingerprint density at radius 1 is 1.14 bits per heavy atom. The highest BCUT2D eigenvalue weighted by Gasteiger charge is 2.18. The van der Waals surface area contributed by atoms with Crippen LogP contribution in [0.3, 0.4) is 0 Å². The van der Waals surface area contributed by atoms with E-state index < -0.39 is 0 Å². The predicted molar refractivity (Wildman–Crippen MR) is 113 cm³/mol. The Balaban J connectivity index is 1.48. The lowest BCUT2D eigenvalue weighted by Crippen LogP contribution is -2.26. The first kappa shape index (κ1) is 19.5. The van der Waals surface area contributed by atoms with Gasteiger partial charge in [0.2, 0.25) is 0 Å². The number of para-hydroxylation sites is 1. The number of aromatic nitrogens is 1. The first-order valence-electron chi connectivity index (χ1n) is 10.3. The van der Waals surface area contributed by atoms with Crippen molar-refractivity contribution in [3.05, 3.63) is 54.1 Å². The van der Waals surface area contributed by atoms with Gasteiger partial charge in [-0.2, -0.15) is 0 Å². The lowest BCUT2D eigenvalue weighted by molar-refractivity contribution is -0.149. The molecule has 5 heteroatoms. The molecule has 1 fully saturated rings. The van der Waals surface area contributed by atoms with Crippen LogP contribution in [0.25, 0.3) is 22.2 Å². The van der Waals surface area contributed by atoms with E-state index in [4.69, 9.17) is 14.2 Å². The molecule has 0 amide bonds. The summed E-state index contributed by atoms with van der Waals surface area (Å²) in [5, 5.41) is 1.14. The number of esters is 1. The molecule has 3 aromatic rings. The monoisotopic (exact) mass is 393 g/mol. The molecular formula is C24H27NO4. The third kappa shape index (κ3) is 4.62. The maximum atomic E-state index is 12.3. The van der Waals surface area contributed by atoms with Crippen LogP contribution in [0.1, 0.15) is 31.2 Å². The van der Waals surface area contributed by atoms with Crippen molar-refractivity contribution in [1.82, 2.24) is 4.98 Å². The van der Waals surface area contributed by atoms with Crippen molar-refractivity contribution in [3.8, 4) is 17.0 Å². The van der Waals surface area contributed by atoms with Gasteiger partial charge < -0.3 is 19.2 Å². The van der Waals surface area contributed by atoms with Gasteiger partial charge in [0.1, 0.15) is 12.4 Å². The number of hydrogen-bond acceptors (Lipinski definition) is 4. The Hall–Kier alpha value is -2.79. The van der Waals surface area contributed by atoms with Gasteiger partial charge in [0.15, 0.2) is 0 Å². The molecule has 5 nitrogen and oxygen atoms in total. The molecule has 1 unspecified atom stereocenters. The number of carbonyl (C=O) groups excluding carboxylic acids is 1. The average molecular weight is 393 g/mol. The molecule has 1 atom stereocenters. The molecule has 4 rings (SSSR count). The highest BCUT2D eigenvalue weighted by molar-refractivity contribution is 5.91. The van der Waals surface area contributed by atoms with E-state index in [2.05, 4.69) is 17.1 Å². The van der Waals surface area contributed by atoms with E-state index in [1.54, 1.807) is 7.11 Å². The summed E-state index contributed by atoms with van der Waals surface area (Å²) in [5.74, 6) is 0.644. The van der Waals surface area contributed by atoms with Gasteiger partial charge in [0, 0.05) is 29.6 Å². The number of aryl methyl sites for hydroxylation is 1. The van der Waals surface area contributed by atoms with Crippen LogP contribution in [0.4, 0.5) is 0 Å². The van der Waals surface area contributed by atoms with E-state index in [1.807, 2.05) is 36.4 Å². The molecule has 1 N–H and O–H groups in total. The Bertz CT molecular complexity index is 955. The molecular weight excluding hydrogens is 366 g/mol. The smallest absolute Gasteiger partial charge is 0.306 e. The quantitative estimate of drug-likeness (QED) is 0.581. The largest absolute Gasteiger partial charge is 0.497 e. The van der Waals surface area contributed by atoms with Gasteiger partial charge in [0.05, 0.1) is 13.2 Å². The normalized spacial score (nSPS) is 16.7. The molecule has 1 aromatic heterocycles. The molecule has 1 aliphatic heterocycles. The second-order valence-electron chi connectivity index (χ2n) is 7.42. The van der Waals surface area contributed by atoms with Crippen LogP contribution >= 0.6 is 0 Å². The van der Waals surface area contributed by atoms with Crippen LogP contribution in [0.15, 0.2) is 48.5 Å². The minimum atomic E-state index is -0.176. The van der Waals surface area contributed by atoms with E-state index in [1.165, 1.54) is 0 Å². The van der Waals surface area contributed by atoms with Crippen LogP contribution in [-0.2, 0) is 20.7 Å². The summed E-state index contributed by atoms with van der Waals surface area (Å²) in [4.78, 5) is 15.9. The van der Waals surface area contributed by atoms with Crippen molar-refractivity contribution in [2.75, 3.05) is 20.3 Å². The minimum absolute atomic E-state index is 0.0515. The van der Waals surface area contributed by atoms with Crippen LogP contribution < -0.4 is 4.74 Å². The van der Waals surface area contributed by atoms with Crippen LogP contribution in [-0.4, -0.2) is 37.4 Å². The molecule has 0 spiro atoms. The van der Waals surface area contributed by atoms with Crippen LogP contribution in [0.2, 0.25) is 0 Å². The molecule has 2 aromatic carbocycles. The lowest BCUT2D eigenvalue weighted by Gasteiger charge is -2.22. The summed E-state index contributed by atoms with van der Waals surface area (Å²) in [6.07, 6.45) is 4.22. The van der Waals surface area contributed by atoms with E-state index in [0.29, 0.717) is 19.4 Å². The topological polar surface area (TPSA) is 60.6 Å². The first-order valence-corrected chi connectivity index (χ1v) is 10.3. The van der Waals surface area contributed by atoms with Crippen LogP contribution in [0, 0.1) is 0 Å². The fourth-order valence-corrected chi connectivity index (χ4v) is 3.89. The number of nitrogens with one attached hydrogen (secondary N) is 1. The second-order valence-corrected chi connectivity index (χ2v) is 7.42.